The number of halogens is 3. The molecule has 98 valence electrons. The van der Waals surface area contributed by atoms with Crippen molar-refractivity contribution >= 4 is 29.8 Å². The number of nitrogens with one attached hydrogen (secondary N) is 1. The smallest absolute Gasteiger partial charge is 0 e. The van der Waals surface area contributed by atoms with E-state index in [1.165, 1.54) is 12.4 Å². The average molecular weight is 272 g/mol. The van der Waals surface area contributed by atoms with E-state index in [9.17, 15) is 14.4 Å². The van der Waals surface area contributed by atoms with E-state index in [0.717, 1.165) is 0 Å². The molecule has 0 saturated carbocycles. The molecule has 2 aromatic rings. The summed E-state index contributed by atoms with van der Waals surface area (Å²) < 4.78 is 30.8. The van der Waals surface area contributed by atoms with Crippen molar-refractivity contribution in [3.63, 3.8) is 0 Å². The third-order valence-electron chi connectivity index (χ3n) is 2.29. The van der Waals surface area contributed by atoms with Crippen LogP contribution in [0.5, 0.6) is 0 Å². The van der Waals surface area contributed by atoms with Crippen LogP contribution in [-0.4, -0.2) is 22.2 Å². The number of benzene rings is 1. The number of H-pyrrole nitrogens is 1. The van der Waals surface area contributed by atoms with Gasteiger partial charge in [-0.25, -0.2) is 0 Å². The summed E-state index contributed by atoms with van der Waals surface area (Å²) in [5, 5.41) is 14.4. The minimum Gasteiger partial charge on any atom is 0 e. The Labute approximate surface area is 104 Å². The predicted octanol–water partition coefficient (Wildman–Crippen LogP) is 2.54. The van der Waals surface area contributed by atoms with Crippen molar-refractivity contribution in [3.05, 3.63) is 28.1 Å². The Morgan fingerprint density at radius 3 is 2.84 bits per heavy atom. The van der Waals surface area contributed by atoms with Gasteiger partial charge in [-0.2, -0.15) is 0 Å². The van der Waals surface area contributed by atoms with Crippen LogP contribution in [0, 0.1) is 17.0 Å². The molecule has 19 heavy (non-hydrogen) atoms. The van der Waals surface area contributed by atoms with Gasteiger partial charge in [-0.05, 0) is 0 Å². The number of imidazole rings is 1. The zero-order valence-electron chi connectivity index (χ0n) is 9.47. The molecule has 0 aliphatic rings. The number of rotatable bonds is 2. The average Bonchev–Trinajstić information content (AvgIpc) is 2.86. The fourth-order valence-electron chi connectivity index (χ4n) is 1.61. The molecule has 7 nitrogen and oxygen atoms in total. The molecule has 0 radical (unpaired) electrons. The van der Waals surface area contributed by atoms with E-state index < -0.39 is 4.92 Å². The fraction of sp³-hybridized carbons (Fsp3) is 0.125. The van der Waals surface area contributed by atoms with Gasteiger partial charge in [0.15, 0.2) is 0 Å². The number of nitrogens with zero attached hydrogens (tertiary/aromatic N) is 4. The SMILES string of the molecule is Cc1c([N+](=O)[O-])c(N=[N+]=BF)cc2[nH]cnc12.FF. The molecular formula is C8H6BF3N5O2+. The van der Waals surface area contributed by atoms with Crippen LogP contribution < -0.4 is 4.69 Å². The second kappa shape index (κ2) is 6.40. The summed E-state index contributed by atoms with van der Waals surface area (Å²) in [5.74, 6) is 0. The van der Waals surface area contributed by atoms with E-state index in [1.54, 1.807) is 6.92 Å². The van der Waals surface area contributed by atoms with Gasteiger partial charge in [0.2, 0.25) is 0 Å². The summed E-state index contributed by atoms with van der Waals surface area (Å²) in [7, 11) is -0.0315. The third-order valence-corrected chi connectivity index (χ3v) is 2.29. The van der Waals surface area contributed by atoms with Gasteiger partial charge in [-0.3, -0.25) is 0 Å². The van der Waals surface area contributed by atoms with Crippen LogP contribution in [-0.2, 0) is 0 Å². The van der Waals surface area contributed by atoms with Gasteiger partial charge in [0.1, 0.15) is 0 Å². The Balaban J connectivity index is 0.000000861. The van der Waals surface area contributed by atoms with Crippen LogP contribution in [0.1, 0.15) is 5.56 Å². The van der Waals surface area contributed by atoms with Crippen LogP contribution in [0.2, 0.25) is 0 Å². The minimum absolute atomic E-state index is 0.0156. The Morgan fingerprint density at radius 1 is 1.58 bits per heavy atom. The van der Waals surface area contributed by atoms with Crippen molar-refractivity contribution in [2.75, 3.05) is 0 Å². The third kappa shape index (κ3) is 2.83. The van der Waals surface area contributed by atoms with Gasteiger partial charge in [-0.15, -0.1) is 0 Å². The Bertz CT molecular complexity index is 668. The molecule has 0 saturated heterocycles. The van der Waals surface area contributed by atoms with Crippen LogP contribution in [0.4, 0.5) is 24.8 Å². The van der Waals surface area contributed by atoms with Crippen molar-refractivity contribution in [2.45, 2.75) is 6.92 Å². The summed E-state index contributed by atoms with van der Waals surface area (Å²) in [4.78, 5) is 17.1. The number of hydrogen-bond acceptors (Lipinski definition) is 4. The quantitative estimate of drug-likeness (QED) is 0.299. The van der Waals surface area contributed by atoms with Crippen LogP contribution in [0.3, 0.4) is 0 Å². The molecule has 0 amide bonds. The number of hydrogen-bond donors (Lipinski definition) is 1. The molecule has 1 aromatic carbocycles. The van der Waals surface area contributed by atoms with E-state index >= 15 is 0 Å². The molecule has 2 rings (SSSR count). The van der Waals surface area contributed by atoms with Gasteiger partial charge >= 0.3 is 93.8 Å². The number of fused-ring (bicyclic) bond motifs is 1. The van der Waals surface area contributed by atoms with Crippen molar-refractivity contribution < 1.29 is 18.4 Å². The monoisotopic (exact) mass is 272 g/mol. The van der Waals surface area contributed by atoms with Gasteiger partial charge in [-0.1, -0.05) is 0 Å². The Hall–Kier alpha value is -2.55. The molecule has 11 heteroatoms. The molecule has 0 spiro atoms. The van der Waals surface area contributed by atoms with Gasteiger partial charge in [0.05, 0.1) is 0 Å². The van der Waals surface area contributed by atoms with Crippen molar-refractivity contribution in [2.24, 2.45) is 5.11 Å². The maximum atomic E-state index is 11.8. The first kappa shape index (κ1) is 14.5. The van der Waals surface area contributed by atoms with Crippen molar-refractivity contribution in [3.8, 4) is 0 Å². The van der Waals surface area contributed by atoms with E-state index in [2.05, 4.69) is 19.8 Å². The predicted molar refractivity (Wildman–Crippen MR) is 60.8 cm³/mol. The van der Waals surface area contributed by atoms with Gasteiger partial charge in [0.25, 0.3) is 0 Å². The van der Waals surface area contributed by atoms with E-state index in [1.807, 2.05) is 0 Å². The number of aryl methyl sites for hydroxylation is 1. The zero-order chi connectivity index (χ0) is 14.4. The minimum atomic E-state index is -0.587. The summed E-state index contributed by atoms with van der Waals surface area (Å²) in [6.07, 6.45) is 1.42. The van der Waals surface area contributed by atoms with E-state index in [-0.39, 0.29) is 18.7 Å². The van der Waals surface area contributed by atoms with Crippen LogP contribution in [0.15, 0.2) is 17.5 Å². The zero-order valence-corrected chi connectivity index (χ0v) is 9.47. The summed E-state index contributed by atoms with van der Waals surface area (Å²) in [6, 6.07) is 1.40. The first-order chi connectivity index (χ1) is 9.15. The molecule has 1 N–H and O–H groups in total. The normalized spacial score (nSPS) is 9.05. The van der Waals surface area contributed by atoms with Crippen LogP contribution >= 0.6 is 0 Å². The largest absolute Gasteiger partial charge is 0 e. The summed E-state index contributed by atoms with van der Waals surface area (Å²) in [6.45, 7) is 1.56. The molecule has 1 aromatic heterocycles. The van der Waals surface area contributed by atoms with Crippen LogP contribution in [0.25, 0.3) is 11.0 Å². The number of nitro groups is 1. The summed E-state index contributed by atoms with van der Waals surface area (Å²) in [5.41, 5.74) is 1.19. The van der Waals surface area contributed by atoms with Crippen molar-refractivity contribution in [1.29, 1.82) is 0 Å². The number of aromatic amines is 1. The van der Waals surface area contributed by atoms with Crippen molar-refractivity contribution in [1.82, 2.24) is 14.7 Å². The van der Waals surface area contributed by atoms with E-state index in [4.69, 9.17) is 9.15 Å². The molecule has 0 unspecified atom stereocenters. The van der Waals surface area contributed by atoms with E-state index in [0.29, 0.717) is 16.6 Å². The molecule has 0 atom stereocenters. The second-order valence-corrected chi connectivity index (χ2v) is 3.24. The maximum Gasteiger partial charge on any atom is 0 e. The molecule has 1 heterocycles. The topological polar surface area (TPSA) is 98.3 Å². The Kier molecular flexibility index (Phi) is 4.89. The number of nitro benzene ring substituents is 1. The Morgan fingerprint density at radius 2 is 2.26 bits per heavy atom. The standard InChI is InChI=1S/C8H5BFN5O2.F2/c1-4-7-5(11-3-12-7)2-6(13-14-9-10)8(4)15(16)17;1-2/h2-3H,1H3;/p+1. The molecule has 0 aliphatic carbocycles. The second-order valence-electron chi connectivity index (χ2n) is 3.24. The first-order valence-corrected chi connectivity index (χ1v) is 4.73. The summed E-state index contributed by atoms with van der Waals surface area (Å²) >= 11 is 0. The fourth-order valence-corrected chi connectivity index (χ4v) is 1.61. The number of aromatic nitrogens is 2. The maximum absolute atomic E-state index is 11.8. The molecule has 0 bridgehead atoms. The first-order valence-electron chi connectivity index (χ1n) is 4.73. The molecule has 0 aliphatic heterocycles. The molecular weight excluding hydrogens is 266 g/mol. The van der Waals surface area contributed by atoms with Gasteiger partial charge < -0.3 is 0 Å². The molecule has 0 fully saturated rings. The van der Waals surface area contributed by atoms with Gasteiger partial charge in [0, 0.05) is 9.15 Å².